The number of rotatable bonds is 0. The van der Waals surface area contributed by atoms with Crippen LogP contribution >= 0.6 is 0 Å². The first-order valence-corrected chi connectivity index (χ1v) is 22.4. The molecule has 0 spiro atoms. The lowest BCUT2D eigenvalue weighted by Gasteiger charge is -2.16. The Morgan fingerprint density at radius 3 is 0.750 bits per heavy atom. The van der Waals surface area contributed by atoms with Crippen LogP contribution in [0.3, 0.4) is 0 Å². The van der Waals surface area contributed by atoms with Gasteiger partial charge in [0.15, 0.2) is 46.0 Å². The SMILES string of the molecule is CC1(C)Oc2ccc(C#CC(C#Cc3ccc4c(c3)OC(C)(C)O4)=c3c4ccccc4c(=C(C#Cc4ccc5c(c4)OC(C)(C)O5)C#Cc4ccc5c(c4)OC(C)(C)O5)c4ccccc34)cc2O1. The van der Waals surface area contributed by atoms with Crippen molar-refractivity contribution in [2.75, 3.05) is 0 Å². The molecule has 0 N–H and O–H groups in total. The summed E-state index contributed by atoms with van der Waals surface area (Å²) in [7, 11) is 0. The zero-order valence-corrected chi connectivity index (χ0v) is 38.8. The lowest BCUT2D eigenvalue weighted by molar-refractivity contribution is -0.0437. The van der Waals surface area contributed by atoms with E-state index in [1.165, 1.54) is 0 Å². The van der Waals surface area contributed by atoms with Gasteiger partial charge in [-0.3, -0.25) is 0 Å². The molecule has 0 amide bonds. The standard InChI is InChI=1S/C60H44O8/c1-57(2)61-47-29-21-37(33-51(47)65-57)17-25-41(26-18-38-22-30-48-52(34-38)66-58(3,4)62-48)55-43-13-9-11-15-45(43)56(46-16-12-10-14-44(46)55)42(27-19-39-23-31-49-53(35-39)67-59(5,6)63-49)28-20-40-24-32-50-54(36-40)68-60(7,8)64-50/h9-16,21-24,29-36H,1-8H3. The van der Waals surface area contributed by atoms with E-state index >= 15 is 0 Å². The summed E-state index contributed by atoms with van der Waals surface area (Å²) in [4.78, 5) is 0. The molecule has 11 rings (SSSR count). The third kappa shape index (κ3) is 8.19. The smallest absolute Gasteiger partial charge is 0.246 e. The Morgan fingerprint density at radius 2 is 0.515 bits per heavy atom. The van der Waals surface area contributed by atoms with E-state index in [4.69, 9.17) is 37.9 Å². The molecule has 7 aromatic rings. The fraction of sp³-hybridized carbons (Fsp3) is 0.200. The van der Waals surface area contributed by atoms with Crippen LogP contribution in [0.1, 0.15) is 77.6 Å². The van der Waals surface area contributed by atoms with Gasteiger partial charge in [0, 0.05) is 88.1 Å². The average molecular weight is 893 g/mol. The Hall–Kier alpha value is -8.56. The fourth-order valence-electron chi connectivity index (χ4n) is 8.72. The summed E-state index contributed by atoms with van der Waals surface area (Å²) in [6.07, 6.45) is 0. The molecular formula is C60H44O8. The van der Waals surface area contributed by atoms with E-state index in [0.717, 1.165) is 54.2 Å². The van der Waals surface area contributed by atoms with Crippen LogP contribution in [0.4, 0.5) is 0 Å². The Morgan fingerprint density at radius 1 is 0.294 bits per heavy atom. The molecular weight excluding hydrogens is 849 g/mol. The van der Waals surface area contributed by atoms with Crippen molar-refractivity contribution in [1.82, 2.24) is 0 Å². The van der Waals surface area contributed by atoms with Gasteiger partial charge in [-0.05, 0) is 94.3 Å². The largest absolute Gasteiger partial charge is 0.449 e. The summed E-state index contributed by atoms with van der Waals surface area (Å²) in [5.74, 6) is 29.9. The molecule has 8 nitrogen and oxygen atoms in total. The zero-order valence-electron chi connectivity index (χ0n) is 38.8. The second-order valence-electron chi connectivity index (χ2n) is 18.7. The molecule has 332 valence electrons. The van der Waals surface area contributed by atoms with Crippen molar-refractivity contribution in [3.05, 3.63) is 154 Å². The minimum absolute atomic E-state index is 0.616. The Labute approximate surface area is 395 Å². The zero-order chi connectivity index (χ0) is 47.0. The molecule has 0 atom stereocenters. The Bertz CT molecular complexity index is 3250. The second-order valence-corrected chi connectivity index (χ2v) is 18.7. The topological polar surface area (TPSA) is 73.8 Å². The molecule has 0 saturated heterocycles. The van der Waals surface area contributed by atoms with Crippen molar-refractivity contribution < 1.29 is 37.9 Å². The summed E-state index contributed by atoms with van der Waals surface area (Å²) < 4.78 is 48.3. The summed E-state index contributed by atoms with van der Waals surface area (Å²) in [5, 5.41) is 5.46. The molecule has 0 radical (unpaired) electrons. The van der Waals surface area contributed by atoms with Crippen LogP contribution in [0.2, 0.25) is 0 Å². The lowest BCUT2D eigenvalue weighted by Crippen LogP contribution is -2.29. The first kappa shape index (κ1) is 42.1. The molecule has 4 heterocycles. The summed E-state index contributed by atoms with van der Waals surface area (Å²) >= 11 is 0. The van der Waals surface area contributed by atoms with Crippen molar-refractivity contribution in [3.8, 4) is 93.4 Å². The number of hydrogen-bond donors (Lipinski definition) is 0. The van der Waals surface area contributed by atoms with E-state index in [1.807, 2.05) is 152 Å². The van der Waals surface area contributed by atoms with Crippen LogP contribution in [0.5, 0.6) is 46.0 Å². The second kappa shape index (κ2) is 15.5. The van der Waals surface area contributed by atoms with Gasteiger partial charge in [0.2, 0.25) is 23.1 Å². The van der Waals surface area contributed by atoms with Gasteiger partial charge in [0.25, 0.3) is 0 Å². The van der Waals surface area contributed by atoms with E-state index in [1.54, 1.807) is 0 Å². The van der Waals surface area contributed by atoms with Crippen molar-refractivity contribution in [2.24, 2.45) is 0 Å². The maximum Gasteiger partial charge on any atom is 0.246 e. The maximum absolute atomic E-state index is 6.09. The molecule has 0 unspecified atom stereocenters. The molecule has 0 bridgehead atoms. The molecule has 0 saturated carbocycles. The van der Waals surface area contributed by atoms with Gasteiger partial charge in [-0.15, -0.1) is 0 Å². The quantitative estimate of drug-likeness (QED) is 0.110. The van der Waals surface area contributed by atoms with E-state index < -0.39 is 23.1 Å². The highest BCUT2D eigenvalue weighted by atomic mass is 16.7. The Balaban J connectivity index is 1.17. The van der Waals surface area contributed by atoms with Crippen LogP contribution in [0.15, 0.2) is 121 Å². The number of hydrogen-bond acceptors (Lipinski definition) is 8. The van der Waals surface area contributed by atoms with Gasteiger partial charge in [-0.1, -0.05) is 95.9 Å². The minimum Gasteiger partial charge on any atom is -0.449 e. The van der Waals surface area contributed by atoms with Gasteiger partial charge >= 0.3 is 0 Å². The highest BCUT2D eigenvalue weighted by Crippen LogP contribution is 2.42. The molecule has 8 heteroatoms. The van der Waals surface area contributed by atoms with Crippen molar-refractivity contribution >= 4 is 32.7 Å². The first-order chi connectivity index (χ1) is 32.5. The highest BCUT2D eigenvalue weighted by molar-refractivity contribution is 6.06. The minimum atomic E-state index is -0.773. The fourth-order valence-corrected chi connectivity index (χ4v) is 8.72. The number of ether oxygens (including phenoxy) is 8. The molecule has 4 aliphatic heterocycles. The maximum atomic E-state index is 6.09. The van der Waals surface area contributed by atoms with Crippen LogP contribution in [0.25, 0.3) is 32.7 Å². The molecule has 0 fully saturated rings. The predicted molar refractivity (Wildman–Crippen MR) is 262 cm³/mol. The van der Waals surface area contributed by atoms with E-state index in [0.29, 0.717) is 57.1 Å². The normalized spacial score (nSPS) is 16.0. The monoisotopic (exact) mass is 892 g/mol. The Kier molecular flexibility index (Phi) is 9.61. The van der Waals surface area contributed by atoms with E-state index in [2.05, 4.69) is 71.6 Å². The average Bonchev–Trinajstić information content (AvgIpc) is 3.99. The van der Waals surface area contributed by atoms with Gasteiger partial charge in [-0.25, -0.2) is 0 Å². The highest BCUT2D eigenvalue weighted by Gasteiger charge is 2.34. The lowest BCUT2D eigenvalue weighted by atomic mass is 9.93. The number of fused-ring (bicyclic) bond motifs is 6. The molecule has 0 aliphatic carbocycles. The van der Waals surface area contributed by atoms with Crippen molar-refractivity contribution in [2.45, 2.75) is 78.5 Å². The van der Waals surface area contributed by atoms with Crippen molar-refractivity contribution in [3.63, 3.8) is 0 Å². The molecule has 4 aliphatic rings. The van der Waals surface area contributed by atoms with Crippen LogP contribution in [-0.4, -0.2) is 23.1 Å². The van der Waals surface area contributed by atoms with Crippen LogP contribution < -0.4 is 48.3 Å². The van der Waals surface area contributed by atoms with Crippen LogP contribution in [-0.2, 0) is 0 Å². The van der Waals surface area contributed by atoms with Crippen LogP contribution in [0, 0.1) is 47.4 Å². The third-order valence-electron chi connectivity index (χ3n) is 11.4. The molecule has 68 heavy (non-hydrogen) atoms. The third-order valence-corrected chi connectivity index (χ3v) is 11.4. The molecule has 0 aromatic heterocycles. The number of benzene rings is 7. The summed E-state index contributed by atoms with van der Waals surface area (Å²) in [5.41, 5.74) is 4.23. The van der Waals surface area contributed by atoms with Gasteiger partial charge in [-0.2, -0.15) is 0 Å². The van der Waals surface area contributed by atoms with Gasteiger partial charge < -0.3 is 37.9 Å². The van der Waals surface area contributed by atoms with Gasteiger partial charge in [0.05, 0.1) is 11.1 Å². The van der Waals surface area contributed by atoms with E-state index in [9.17, 15) is 0 Å². The predicted octanol–water partition coefficient (Wildman–Crippen LogP) is 10.5. The summed E-state index contributed by atoms with van der Waals surface area (Å²) in [6, 6.07) is 39.4. The first-order valence-electron chi connectivity index (χ1n) is 22.4. The van der Waals surface area contributed by atoms with Gasteiger partial charge in [0.1, 0.15) is 0 Å². The molecule has 7 aromatic carbocycles. The van der Waals surface area contributed by atoms with Crippen molar-refractivity contribution in [1.29, 1.82) is 0 Å². The van der Waals surface area contributed by atoms with E-state index in [-0.39, 0.29) is 0 Å². The summed E-state index contributed by atoms with van der Waals surface area (Å²) in [6.45, 7) is 15.1.